The maximum atomic E-state index is 5.88. The lowest BCUT2D eigenvalue weighted by Crippen LogP contribution is -2.22. The van der Waals surface area contributed by atoms with Crippen molar-refractivity contribution >= 4 is 21.9 Å². The van der Waals surface area contributed by atoms with Crippen molar-refractivity contribution in [1.29, 1.82) is 0 Å². The third-order valence-corrected chi connectivity index (χ3v) is 3.22. The molecule has 0 amide bonds. The van der Waals surface area contributed by atoms with E-state index in [1.165, 1.54) is 0 Å². The molecular formula is C11H17BrN4O. The van der Waals surface area contributed by atoms with Crippen LogP contribution in [0.15, 0.2) is 10.7 Å². The van der Waals surface area contributed by atoms with Gasteiger partial charge in [0.1, 0.15) is 6.10 Å². The molecule has 1 atom stereocenters. The summed E-state index contributed by atoms with van der Waals surface area (Å²) in [7, 11) is 2.10. The summed E-state index contributed by atoms with van der Waals surface area (Å²) in [6.45, 7) is 4.84. The van der Waals surface area contributed by atoms with Gasteiger partial charge in [0.05, 0.1) is 10.7 Å². The van der Waals surface area contributed by atoms with Crippen molar-refractivity contribution in [3.63, 3.8) is 0 Å². The first kappa shape index (κ1) is 12.6. The summed E-state index contributed by atoms with van der Waals surface area (Å²) in [5.74, 6) is 1.23. The summed E-state index contributed by atoms with van der Waals surface area (Å²) in [6.07, 6.45) is 2.99. The number of nitrogens with one attached hydrogen (secondary N) is 1. The highest BCUT2D eigenvalue weighted by molar-refractivity contribution is 9.10. The van der Waals surface area contributed by atoms with Crippen LogP contribution in [0, 0.1) is 0 Å². The molecule has 1 unspecified atom stereocenters. The van der Waals surface area contributed by atoms with E-state index in [-0.39, 0.29) is 6.10 Å². The van der Waals surface area contributed by atoms with E-state index in [0.29, 0.717) is 11.8 Å². The van der Waals surface area contributed by atoms with Crippen molar-refractivity contribution in [3.8, 4) is 5.88 Å². The molecule has 6 heteroatoms. The molecule has 1 aliphatic heterocycles. The van der Waals surface area contributed by atoms with Gasteiger partial charge in [-0.25, -0.2) is 4.98 Å². The summed E-state index contributed by atoms with van der Waals surface area (Å²) >= 11 is 3.41. The van der Waals surface area contributed by atoms with Gasteiger partial charge in [-0.15, -0.1) is 0 Å². The molecule has 0 aromatic carbocycles. The molecule has 2 heterocycles. The van der Waals surface area contributed by atoms with E-state index in [4.69, 9.17) is 4.74 Å². The molecule has 94 valence electrons. The van der Waals surface area contributed by atoms with Gasteiger partial charge in [0.2, 0.25) is 11.8 Å². The van der Waals surface area contributed by atoms with E-state index in [2.05, 4.69) is 43.2 Å². The van der Waals surface area contributed by atoms with Crippen LogP contribution in [0.2, 0.25) is 0 Å². The Hall–Kier alpha value is -0.880. The smallest absolute Gasteiger partial charge is 0.233 e. The molecule has 1 N–H and O–H groups in total. The standard InChI is InChI=1S/C11H17BrN4O/c1-3-13-11-14-6-9(12)10(15-11)17-8-4-5-16(2)7-8/h6,8H,3-5,7H2,1-2H3,(H,13,14,15). The zero-order valence-corrected chi connectivity index (χ0v) is 11.7. The highest BCUT2D eigenvalue weighted by Gasteiger charge is 2.22. The van der Waals surface area contributed by atoms with Gasteiger partial charge in [0.25, 0.3) is 0 Å². The van der Waals surface area contributed by atoms with Gasteiger partial charge in [-0.2, -0.15) is 4.98 Å². The number of nitrogens with zero attached hydrogens (tertiary/aromatic N) is 3. The number of halogens is 1. The second kappa shape index (κ2) is 5.64. The lowest BCUT2D eigenvalue weighted by atomic mass is 10.3. The Bertz CT molecular complexity index is 388. The van der Waals surface area contributed by atoms with Crippen LogP contribution >= 0.6 is 15.9 Å². The van der Waals surface area contributed by atoms with Crippen molar-refractivity contribution in [2.24, 2.45) is 0 Å². The Labute approximate surface area is 110 Å². The minimum atomic E-state index is 0.223. The predicted octanol–water partition coefficient (Wildman–Crippen LogP) is 1.75. The molecule has 1 aromatic heterocycles. The van der Waals surface area contributed by atoms with Gasteiger partial charge in [0, 0.05) is 19.6 Å². The average Bonchev–Trinajstić information content (AvgIpc) is 2.69. The van der Waals surface area contributed by atoms with Gasteiger partial charge in [-0.3, -0.25) is 0 Å². The molecular weight excluding hydrogens is 284 g/mol. The average molecular weight is 301 g/mol. The SMILES string of the molecule is CCNc1ncc(Br)c(OC2CCN(C)C2)n1. The van der Waals surface area contributed by atoms with Crippen LogP contribution in [0.3, 0.4) is 0 Å². The van der Waals surface area contributed by atoms with Crippen LogP contribution in [0.1, 0.15) is 13.3 Å². The first-order chi connectivity index (χ1) is 8.19. The quantitative estimate of drug-likeness (QED) is 0.918. The van der Waals surface area contributed by atoms with E-state index in [0.717, 1.165) is 30.5 Å². The molecule has 0 radical (unpaired) electrons. The lowest BCUT2D eigenvalue weighted by Gasteiger charge is -2.14. The Morgan fingerprint density at radius 2 is 2.47 bits per heavy atom. The maximum absolute atomic E-state index is 5.88. The molecule has 1 aromatic rings. The van der Waals surface area contributed by atoms with Gasteiger partial charge in [0.15, 0.2) is 0 Å². The molecule has 0 saturated carbocycles. The van der Waals surface area contributed by atoms with Crippen LogP contribution in [0.25, 0.3) is 0 Å². The van der Waals surface area contributed by atoms with E-state index in [1.807, 2.05) is 6.92 Å². The van der Waals surface area contributed by atoms with Crippen LogP contribution in [-0.2, 0) is 0 Å². The summed E-state index contributed by atoms with van der Waals surface area (Å²) in [4.78, 5) is 10.8. The molecule has 0 spiro atoms. The van der Waals surface area contributed by atoms with Gasteiger partial charge >= 0.3 is 0 Å². The highest BCUT2D eigenvalue weighted by Crippen LogP contribution is 2.25. The highest BCUT2D eigenvalue weighted by atomic mass is 79.9. The summed E-state index contributed by atoms with van der Waals surface area (Å²) in [5.41, 5.74) is 0. The number of ether oxygens (including phenoxy) is 1. The number of anilines is 1. The molecule has 1 aliphatic rings. The molecule has 1 fully saturated rings. The zero-order chi connectivity index (χ0) is 12.3. The van der Waals surface area contributed by atoms with E-state index in [9.17, 15) is 0 Å². The summed E-state index contributed by atoms with van der Waals surface area (Å²) in [5, 5.41) is 3.08. The van der Waals surface area contributed by atoms with E-state index in [1.54, 1.807) is 6.20 Å². The van der Waals surface area contributed by atoms with E-state index >= 15 is 0 Å². The fourth-order valence-corrected chi connectivity index (χ4v) is 2.11. The van der Waals surface area contributed by atoms with Crippen molar-refractivity contribution in [2.45, 2.75) is 19.4 Å². The van der Waals surface area contributed by atoms with Crippen LogP contribution < -0.4 is 10.1 Å². The number of hydrogen-bond acceptors (Lipinski definition) is 5. The van der Waals surface area contributed by atoms with Crippen LogP contribution in [0.4, 0.5) is 5.95 Å². The molecule has 0 bridgehead atoms. The first-order valence-corrected chi connectivity index (χ1v) is 6.60. The monoisotopic (exact) mass is 300 g/mol. The first-order valence-electron chi connectivity index (χ1n) is 5.80. The van der Waals surface area contributed by atoms with Gasteiger partial charge in [-0.1, -0.05) is 0 Å². The van der Waals surface area contributed by atoms with Crippen LogP contribution in [-0.4, -0.2) is 47.7 Å². The lowest BCUT2D eigenvalue weighted by molar-refractivity contribution is 0.198. The minimum Gasteiger partial charge on any atom is -0.472 e. The number of aromatic nitrogens is 2. The molecule has 17 heavy (non-hydrogen) atoms. The van der Waals surface area contributed by atoms with E-state index < -0.39 is 0 Å². The minimum absolute atomic E-state index is 0.223. The number of hydrogen-bond donors (Lipinski definition) is 1. The molecule has 5 nitrogen and oxygen atoms in total. The topological polar surface area (TPSA) is 50.3 Å². The van der Waals surface area contributed by atoms with Crippen LogP contribution in [0.5, 0.6) is 5.88 Å². The normalized spacial score (nSPS) is 20.5. The fraction of sp³-hybridized carbons (Fsp3) is 0.636. The third-order valence-electron chi connectivity index (χ3n) is 2.67. The van der Waals surface area contributed by atoms with Crippen molar-refractivity contribution in [1.82, 2.24) is 14.9 Å². The van der Waals surface area contributed by atoms with Gasteiger partial charge < -0.3 is 15.0 Å². The molecule has 1 saturated heterocycles. The Balaban J connectivity index is 2.06. The summed E-state index contributed by atoms with van der Waals surface area (Å²) in [6, 6.07) is 0. The summed E-state index contributed by atoms with van der Waals surface area (Å²) < 4.78 is 6.68. The second-order valence-corrected chi connectivity index (χ2v) is 5.02. The Morgan fingerprint density at radius 3 is 3.12 bits per heavy atom. The Morgan fingerprint density at radius 1 is 1.65 bits per heavy atom. The molecule has 2 rings (SSSR count). The number of likely N-dealkylation sites (tertiary alicyclic amines) is 1. The second-order valence-electron chi connectivity index (χ2n) is 4.17. The zero-order valence-electron chi connectivity index (χ0n) is 10.1. The van der Waals surface area contributed by atoms with Crippen molar-refractivity contribution in [3.05, 3.63) is 10.7 Å². The maximum Gasteiger partial charge on any atom is 0.233 e. The Kier molecular flexibility index (Phi) is 4.17. The third kappa shape index (κ3) is 3.29. The largest absolute Gasteiger partial charge is 0.472 e. The molecule has 0 aliphatic carbocycles. The predicted molar refractivity (Wildman–Crippen MR) is 70.4 cm³/mol. The van der Waals surface area contributed by atoms with Crippen molar-refractivity contribution in [2.75, 3.05) is 32.0 Å². The van der Waals surface area contributed by atoms with Gasteiger partial charge in [-0.05, 0) is 36.3 Å². The number of rotatable bonds is 4. The fourth-order valence-electron chi connectivity index (χ4n) is 1.83. The number of likely N-dealkylation sites (N-methyl/N-ethyl adjacent to an activating group) is 1. The van der Waals surface area contributed by atoms with Crippen molar-refractivity contribution < 1.29 is 4.74 Å².